The standard InChI is InChI=1S/C8H12O2/c1-2-3-4-5-6-7-8(9)10/h2,4-5H,1,3,6-7H2,(H,9,10). The lowest BCUT2D eigenvalue weighted by Crippen LogP contribution is -1.91. The molecule has 0 aliphatic rings. The van der Waals surface area contributed by atoms with Crippen molar-refractivity contribution in [3.8, 4) is 0 Å². The fraction of sp³-hybridized carbons (Fsp3) is 0.375. The number of aliphatic carboxylic acids is 1. The summed E-state index contributed by atoms with van der Waals surface area (Å²) in [4.78, 5) is 9.98. The smallest absolute Gasteiger partial charge is 0.303 e. The third-order valence-electron chi connectivity index (χ3n) is 0.994. The molecule has 0 aromatic carbocycles. The van der Waals surface area contributed by atoms with Gasteiger partial charge in [-0.3, -0.25) is 4.79 Å². The number of carbonyl (C=O) groups is 1. The van der Waals surface area contributed by atoms with Crippen molar-refractivity contribution in [1.82, 2.24) is 0 Å². The van der Waals surface area contributed by atoms with Crippen molar-refractivity contribution in [2.45, 2.75) is 19.3 Å². The van der Waals surface area contributed by atoms with Gasteiger partial charge >= 0.3 is 5.97 Å². The fourth-order valence-electron chi connectivity index (χ4n) is 0.517. The predicted octanol–water partition coefficient (Wildman–Crippen LogP) is 1.98. The zero-order valence-electron chi connectivity index (χ0n) is 5.92. The lowest BCUT2D eigenvalue weighted by molar-refractivity contribution is -0.136. The Kier molecular flexibility index (Phi) is 5.44. The van der Waals surface area contributed by atoms with E-state index in [0.717, 1.165) is 6.42 Å². The second kappa shape index (κ2) is 6.08. The molecule has 0 aliphatic heterocycles. The van der Waals surface area contributed by atoms with E-state index in [1.165, 1.54) is 0 Å². The van der Waals surface area contributed by atoms with Crippen LogP contribution < -0.4 is 0 Å². The van der Waals surface area contributed by atoms with E-state index in [2.05, 4.69) is 6.58 Å². The van der Waals surface area contributed by atoms with Crippen LogP contribution in [0.5, 0.6) is 0 Å². The maximum Gasteiger partial charge on any atom is 0.303 e. The van der Waals surface area contributed by atoms with Gasteiger partial charge in [0.15, 0.2) is 0 Å². The van der Waals surface area contributed by atoms with Crippen LogP contribution in [0, 0.1) is 0 Å². The largest absolute Gasteiger partial charge is 0.481 e. The van der Waals surface area contributed by atoms with Crippen LogP contribution in [0.15, 0.2) is 24.8 Å². The first-order valence-corrected chi connectivity index (χ1v) is 3.25. The van der Waals surface area contributed by atoms with E-state index in [-0.39, 0.29) is 6.42 Å². The summed E-state index contributed by atoms with van der Waals surface area (Å²) in [5.74, 6) is -0.747. The Balaban J connectivity index is 3.18. The van der Waals surface area contributed by atoms with Gasteiger partial charge in [-0.15, -0.1) is 6.58 Å². The van der Waals surface area contributed by atoms with Crippen molar-refractivity contribution >= 4 is 5.97 Å². The number of hydrogen-bond donors (Lipinski definition) is 1. The summed E-state index contributed by atoms with van der Waals surface area (Å²) in [5, 5.41) is 8.22. The van der Waals surface area contributed by atoms with Crippen LogP contribution in [0.2, 0.25) is 0 Å². The summed E-state index contributed by atoms with van der Waals surface area (Å²) >= 11 is 0. The molecule has 0 atom stereocenters. The quantitative estimate of drug-likeness (QED) is 0.593. The number of rotatable bonds is 5. The zero-order chi connectivity index (χ0) is 7.82. The molecule has 2 nitrogen and oxygen atoms in total. The summed E-state index contributed by atoms with van der Waals surface area (Å²) in [7, 11) is 0. The van der Waals surface area contributed by atoms with Crippen LogP contribution in [0.3, 0.4) is 0 Å². The summed E-state index contributed by atoms with van der Waals surface area (Å²) < 4.78 is 0. The molecule has 56 valence electrons. The minimum Gasteiger partial charge on any atom is -0.481 e. The normalized spacial score (nSPS) is 10.0. The number of hydrogen-bond acceptors (Lipinski definition) is 1. The average molecular weight is 140 g/mol. The monoisotopic (exact) mass is 140 g/mol. The van der Waals surface area contributed by atoms with Crippen molar-refractivity contribution in [3.05, 3.63) is 24.8 Å². The maximum absolute atomic E-state index is 9.98. The summed E-state index contributed by atoms with van der Waals surface area (Å²) in [6.07, 6.45) is 7.19. The highest BCUT2D eigenvalue weighted by Gasteiger charge is 1.90. The molecular formula is C8H12O2. The van der Waals surface area contributed by atoms with Gasteiger partial charge in [0.1, 0.15) is 0 Å². The van der Waals surface area contributed by atoms with Crippen molar-refractivity contribution in [3.63, 3.8) is 0 Å². The van der Waals surface area contributed by atoms with Crippen molar-refractivity contribution < 1.29 is 9.90 Å². The Labute approximate surface area is 60.9 Å². The SMILES string of the molecule is C=CCC=CCCC(=O)O. The summed E-state index contributed by atoms with van der Waals surface area (Å²) in [5.41, 5.74) is 0. The van der Waals surface area contributed by atoms with Gasteiger partial charge in [0, 0.05) is 6.42 Å². The van der Waals surface area contributed by atoms with Gasteiger partial charge < -0.3 is 5.11 Å². The lowest BCUT2D eigenvalue weighted by atomic mass is 10.2. The second-order valence-electron chi connectivity index (χ2n) is 1.93. The van der Waals surface area contributed by atoms with Gasteiger partial charge in [-0.25, -0.2) is 0 Å². The van der Waals surface area contributed by atoms with Crippen LogP contribution in [0.1, 0.15) is 19.3 Å². The van der Waals surface area contributed by atoms with Crippen LogP contribution in [-0.2, 0) is 4.79 Å². The van der Waals surface area contributed by atoms with Gasteiger partial charge in [0.25, 0.3) is 0 Å². The molecule has 0 saturated heterocycles. The highest BCUT2D eigenvalue weighted by molar-refractivity contribution is 5.66. The molecule has 0 bridgehead atoms. The van der Waals surface area contributed by atoms with Crippen LogP contribution in [-0.4, -0.2) is 11.1 Å². The average Bonchev–Trinajstić information content (AvgIpc) is 1.87. The Morgan fingerprint density at radius 3 is 2.70 bits per heavy atom. The molecule has 0 radical (unpaired) electrons. The molecule has 0 heterocycles. The van der Waals surface area contributed by atoms with E-state index < -0.39 is 5.97 Å². The topological polar surface area (TPSA) is 37.3 Å². The van der Waals surface area contributed by atoms with Crippen molar-refractivity contribution in [2.75, 3.05) is 0 Å². The molecule has 0 saturated carbocycles. The van der Waals surface area contributed by atoms with Crippen LogP contribution >= 0.6 is 0 Å². The second-order valence-corrected chi connectivity index (χ2v) is 1.93. The van der Waals surface area contributed by atoms with Gasteiger partial charge in [0.05, 0.1) is 0 Å². The molecular weight excluding hydrogens is 128 g/mol. The van der Waals surface area contributed by atoms with E-state index in [4.69, 9.17) is 5.11 Å². The Hall–Kier alpha value is -1.05. The summed E-state index contributed by atoms with van der Waals surface area (Å²) in [6, 6.07) is 0. The first-order chi connectivity index (χ1) is 4.77. The van der Waals surface area contributed by atoms with E-state index in [1.807, 2.05) is 12.2 Å². The molecule has 0 aromatic rings. The van der Waals surface area contributed by atoms with Crippen molar-refractivity contribution in [2.24, 2.45) is 0 Å². The van der Waals surface area contributed by atoms with Crippen molar-refractivity contribution in [1.29, 1.82) is 0 Å². The van der Waals surface area contributed by atoms with E-state index in [0.29, 0.717) is 6.42 Å². The number of carboxylic acid groups (broad SMARTS) is 1. The highest BCUT2D eigenvalue weighted by Crippen LogP contribution is 1.92. The summed E-state index contributed by atoms with van der Waals surface area (Å²) in [6.45, 7) is 3.53. The fourth-order valence-corrected chi connectivity index (χ4v) is 0.517. The lowest BCUT2D eigenvalue weighted by Gasteiger charge is -1.85. The number of allylic oxidation sites excluding steroid dienone is 3. The van der Waals surface area contributed by atoms with Gasteiger partial charge in [-0.05, 0) is 12.8 Å². The Morgan fingerprint density at radius 2 is 2.20 bits per heavy atom. The first kappa shape index (κ1) is 8.95. The maximum atomic E-state index is 9.98. The van der Waals surface area contributed by atoms with Gasteiger partial charge in [0.2, 0.25) is 0 Å². The highest BCUT2D eigenvalue weighted by atomic mass is 16.4. The molecule has 0 aliphatic carbocycles. The predicted molar refractivity (Wildman–Crippen MR) is 40.8 cm³/mol. The van der Waals surface area contributed by atoms with E-state index in [1.54, 1.807) is 6.08 Å². The van der Waals surface area contributed by atoms with Crippen LogP contribution in [0.4, 0.5) is 0 Å². The number of carboxylic acids is 1. The molecule has 0 unspecified atom stereocenters. The molecule has 2 heteroatoms. The first-order valence-electron chi connectivity index (χ1n) is 3.25. The zero-order valence-corrected chi connectivity index (χ0v) is 5.92. The van der Waals surface area contributed by atoms with Crippen LogP contribution in [0.25, 0.3) is 0 Å². The minimum absolute atomic E-state index is 0.216. The third-order valence-corrected chi connectivity index (χ3v) is 0.994. The van der Waals surface area contributed by atoms with Gasteiger partial charge in [-0.2, -0.15) is 0 Å². The van der Waals surface area contributed by atoms with Gasteiger partial charge in [-0.1, -0.05) is 18.2 Å². The molecule has 1 N–H and O–H groups in total. The molecule has 0 spiro atoms. The van der Waals surface area contributed by atoms with E-state index in [9.17, 15) is 4.79 Å². The molecule has 0 amide bonds. The third kappa shape index (κ3) is 6.95. The molecule has 10 heavy (non-hydrogen) atoms. The Morgan fingerprint density at radius 1 is 1.50 bits per heavy atom. The molecule has 0 aromatic heterocycles. The Bertz CT molecular complexity index is 136. The molecule has 0 fully saturated rings. The van der Waals surface area contributed by atoms with E-state index >= 15 is 0 Å². The molecule has 0 rings (SSSR count). The minimum atomic E-state index is -0.747.